The molecule has 37 heavy (non-hydrogen) atoms. The smallest absolute Gasteiger partial charge is 0.475 e. The van der Waals surface area contributed by atoms with Gasteiger partial charge in [0.15, 0.2) is 0 Å². The molecular weight excluding hydrogens is 487 g/mol. The second-order valence-electron chi connectivity index (χ2n) is 7.82. The number of hydrazone groups is 1. The minimum Gasteiger partial charge on any atom is -0.475 e. The van der Waals surface area contributed by atoms with Gasteiger partial charge in [0.1, 0.15) is 0 Å². The SMILES string of the molecule is CCOC(=O)c1cn(Cc2cccc3ccccc23)cc1-c1cccc(/C=N\N)c1.O=C(O)C(F)(F)F. The van der Waals surface area contributed by atoms with Crippen molar-refractivity contribution in [3.05, 3.63) is 95.8 Å². The number of hydrogen-bond donors (Lipinski definition) is 2. The number of carboxylic acids is 1. The number of benzene rings is 3. The maximum atomic E-state index is 12.6. The summed E-state index contributed by atoms with van der Waals surface area (Å²) in [7, 11) is 0. The Morgan fingerprint density at radius 2 is 1.73 bits per heavy atom. The zero-order valence-electron chi connectivity index (χ0n) is 19.8. The van der Waals surface area contributed by atoms with Gasteiger partial charge in [-0.3, -0.25) is 0 Å². The lowest BCUT2D eigenvalue weighted by Crippen LogP contribution is -2.21. The number of nitrogens with two attached hydrogens (primary N) is 1. The monoisotopic (exact) mass is 511 g/mol. The number of esters is 1. The molecule has 0 fully saturated rings. The molecule has 192 valence electrons. The van der Waals surface area contributed by atoms with Crippen molar-refractivity contribution < 1.29 is 32.6 Å². The zero-order valence-corrected chi connectivity index (χ0v) is 19.8. The Bertz CT molecular complexity index is 1420. The molecule has 0 unspecified atom stereocenters. The van der Waals surface area contributed by atoms with Crippen LogP contribution in [0.15, 0.2) is 84.2 Å². The van der Waals surface area contributed by atoms with Crippen molar-refractivity contribution in [1.29, 1.82) is 0 Å². The van der Waals surface area contributed by atoms with Gasteiger partial charge in [0.05, 0.1) is 18.4 Å². The zero-order chi connectivity index (χ0) is 27.0. The molecule has 10 heteroatoms. The van der Waals surface area contributed by atoms with Crippen LogP contribution in [0.25, 0.3) is 21.9 Å². The van der Waals surface area contributed by atoms with E-state index < -0.39 is 12.1 Å². The van der Waals surface area contributed by atoms with E-state index in [2.05, 4.69) is 35.4 Å². The lowest BCUT2D eigenvalue weighted by molar-refractivity contribution is -0.192. The highest BCUT2D eigenvalue weighted by Crippen LogP contribution is 2.28. The fraction of sp³-hybridized carbons (Fsp3) is 0.148. The van der Waals surface area contributed by atoms with Crippen LogP contribution >= 0.6 is 0 Å². The van der Waals surface area contributed by atoms with E-state index in [0.29, 0.717) is 18.7 Å². The summed E-state index contributed by atoms with van der Waals surface area (Å²) in [6.45, 7) is 2.79. The Balaban J connectivity index is 0.000000479. The summed E-state index contributed by atoms with van der Waals surface area (Å²) >= 11 is 0. The molecule has 4 aromatic rings. The van der Waals surface area contributed by atoms with Crippen molar-refractivity contribution in [3.8, 4) is 11.1 Å². The van der Waals surface area contributed by atoms with Crippen LogP contribution in [0.2, 0.25) is 0 Å². The predicted octanol–water partition coefficient (Wildman–Crippen LogP) is 5.46. The van der Waals surface area contributed by atoms with Gasteiger partial charge in [-0.2, -0.15) is 18.3 Å². The van der Waals surface area contributed by atoms with E-state index in [1.807, 2.05) is 60.3 Å². The molecule has 0 aliphatic heterocycles. The first-order valence-electron chi connectivity index (χ1n) is 11.1. The molecule has 4 rings (SSSR count). The first-order valence-corrected chi connectivity index (χ1v) is 11.1. The number of rotatable bonds is 6. The third-order valence-corrected chi connectivity index (χ3v) is 5.27. The Labute approximate surface area is 210 Å². The minimum atomic E-state index is -5.08. The maximum absolute atomic E-state index is 12.6. The summed E-state index contributed by atoms with van der Waals surface area (Å²) in [6, 6.07) is 22.3. The minimum absolute atomic E-state index is 0.326. The number of nitrogens with zero attached hydrogens (tertiary/aromatic N) is 2. The van der Waals surface area contributed by atoms with E-state index in [-0.39, 0.29) is 5.97 Å². The van der Waals surface area contributed by atoms with Crippen LogP contribution in [-0.4, -0.2) is 40.6 Å². The van der Waals surface area contributed by atoms with Gasteiger partial charge in [0, 0.05) is 24.5 Å². The van der Waals surface area contributed by atoms with Gasteiger partial charge in [-0.15, -0.1) is 0 Å². The summed E-state index contributed by atoms with van der Waals surface area (Å²) in [5.74, 6) is 2.21. The molecule has 0 bridgehead atoms. The highest BCUT2D eigenvalue weighted by Gasteiger charge is 2.38. The molecule has 7 nitrogen and oxygen atoms in total. The molecule has 0 saturated carbocycles. The van der Waals surface area contributed by atoms with Crippen molar-refractivity contribution in [2.75, 3.05) is 6.61 Å². The normalized spacial score (nSPS) is 11.2. The fourth-order valence-corrected chi connectivity index (χ4v) is 3.70. The van der Waals surface area contributed by atoms with E-state index >= 15 is 0 Å². The van der Waals surface area contributed by atoms with Crippen molar-refractivity contribution in [1.82, 2.24) is 4.57 Å². The molecule has 1 heterocycles. The summed E-state index contributed by atoms with van der Waals surface area (Å²) in [4.78, 5) is 21.5. The second-order valence-corrected chi connectivity index (χ2v) is 7.82. The lowest BCUT2D eigenvalue weighted by Gasteiger charge is -2.07. The van der Waals surface area contributed by atoms with Crippen molar-refractivity contribution in [2.45, 2.75) is 19.6 Å². The number of carbonyl (C=O) groups is 2. The van der Waals surface area contributed by atoms with Gasteiger partial charge in [-0.05, 0) is 40.5 Å². The number of alkyl halides is 3. The highest BCUT2D eigenvalue weighted by molar-refractivity contribution is 5.98. The summed E-state index contributed by atoms with van der Waals surface area (Å²) < 4.78 is 39.1. The topological polar surface area (TPSA) is 107 Å². The van der Waals surface area contributed by atoms with Crippen molar-refractivity contribution >= 4 is 28.9 Å². The molecule has 1 aromatic heterocycles. The third-order valence-electron chi connectivity index (χ3n) is 5.27. The van der Waals surface area contributed by atoms with E-state index in [1.165, 1.54) is 16.3 Å². The average molecular weight is 512 g/mol. The summed E-state index contributed by atoms with van der Waals surface area (Å²) in [5.41, 5.74) is 4.33. The standard InChI is InChI=1S/C25H23N3O2.C2HF3O2/c1-2-30-25(29)24-17-28(15-21-11-6-9-19-8-3-4-12-22(19)21)16-23(24)20-10-5-7-18(13-20)14-27-26;3-2(4,5)1(6)7/h3-14,16-17H,2,15,26H2,1H3;(H,6,7)/b27-14-;. The van der Waals surface area contributed by atoms with Crippen molar-refractivity contribution in [2.24, 2.45) is 10.9 Å². The van der Waals surface area contributed by atoms with E-state index in [4.69, 9.17) is 20.5 Å². The number of aromatic nitrogens is 1. The van der Waals surface area contributed by atoms with Gasteiger partial charge in [0.2, 0.25) is 0 Å². The average Bonchev–Trinajstić information content (AvgIpc) is 3.29. The number of carbonyl (C=O) groups excluding carboxylic acids is 1. The molecule has 0 saturated heterocycles. The number of carboxylic acid groups (broad SMARTS) is 1. The first-order chi connectivity index (χ1) is 17.6. The molecule has 3 N–H and O–H groups in total. The largest absolute Gasteiger partial charge is 0.490 e. The molecular formula is C27H24F3N3O4. The van der Waals surface area contributed by atoms with Crippen LogP contribution in [0.1, 0.15) is 28.4 Å². The van der Waals surface area contributed by atoms with E-state index in [9.17, 15) is 18.0 Å². The molecule has 0 aliphatic carbocycles. The van der Waals surface area contributed by atoms with Gasteiger partial charge in [-0.1, -0.05) is 60.7 Å². The summed E-state index contributed by atoms with van der Waals surface area (Å²) in [6.07, 6.45) is 0.353. The van der Waals surface area contributed by atoms with E-state index in [0.717, 1.165) is 16.7 Å². The Kier molecular flexibility index (Phi) is 8.68. The van der Waals surface area contributed by atoms with Gasteiger partial charge in [-0.25, -0.2) is 9.59 Å². The number of aliphatic carboxylic acids is 1. The van der Waals surface area contributed by atoms with Crippen LogP contribution in [0, 0.1) is 0 Å². The van der Waals surface area contributed by atoms with Gasteiger partial charge in [0.25, 0.3) is 0 Å². The van der Waals surface area contributed by atoms with E-state index in [1.54, 1.807) is 6.21 Å². The molecule has 0 radical (unpaired) electrons. The maximum Gasteiger partial charge on any atom is 0.490 e. The van der Waals surface area contributed by atoms with Crippen LogP contribution < -0.4 is 5.84 Å². The van der Waals surface area contributed by atoms with Gasteiger partial charge < -0.3 is 20.3 Å². The molecule has 0 amide bonds. The molecule has 0 atom stereocenters. The first kappa shape index (κ1) is 27.0. The van der Waals surface area contributed by atoms with Crippen molar-refractivity contribution in [3.63, 3.8) is 0 Å². The number of fused-ring (bicyclic) bond motifs is 1. The number of ether oxygens (including phenoxy) is 1. The predicted molar refractivity (Wildman–Crippen MR) is 134 cm³/mol. The van der Waals surface area contributed by atoms with Crippen LogP contribution in [-0.2, 0) is 16.1 Å². The lowest BCUT2D eigenvalue weighted by atomic mass is 10.0. The van der Waals surface area contributed by atoms with Gasteiger partial charge >= 0.3 is 18.1 Å². The van der Waals surface area contributed by atoms with Crippen LogP contribution in [0.5, 0.6) is 0 Å². The quantitative estimate of drug-likeness (QED) is 0.155. The second kappa shape index (κ2) is 11.9. The molecule has 0 spiro atoms. The number of hydrogen-bond acceptors (Lipinski definition) is 5. The molecule has 0 aliphatic rings. The van der Waals surface area contributed by atoms with Crippen LogP contribution in [0.4, 0.5) is 13.2 Å². The summed E-state index contributed by atoms with van der Waals surface area (Å²) in [5, 5.41) is 13.1. The molecule has 3 aromatic carbocycles. The Morgan fingerprint density at radius 3 is 2.41 bits per heavy atom. The van der Waals surface area contributed by atoms with Crippen LogP contribution in [0.3, 0.4) is 0 Å². The number of halogens is 3. The fourth-order valence-electron chi connectivity index (χ4n) is 3.70. The Morgan fingerprint density at radius 1 is 1.05 bits per heavy atom. The third kappa shape index (κ3) is 6.97. The Hall–Kier alpha value is -4.60. The highest BCUT2D eigenvalue weighted by atomic mass is 19.4.